The molecule has 0 rings (SSSR count). The Morgan fingerprint density at radius 2 is 1.75 bits per heavy atom. The Hall–Kier alpha value is 0.310. The third-order valence-corrected chi connectivity index (χ3v) is 3.51. The van der Waals surface area contributed by atoms with Crippen molar-refractivity contribution in [3.05, 3.63) is 0 Å². The molecular weight excluding hydrogens is 383 g/mol. The molecule has 2 N–H and O–H groups in total. The summed E-state index contributed by atoms with van der Waals surface area (Å²) in [5.41, 5.74) is 0. The quantitative estimate of drug-likeness (QED) is 0.262. The molecule has 0 spiro atoms. The zero-order valence-electron chi connectivity index (χ0n) is 13.9. The van der Waals surface area contributed by atoms with Crippen LogP contribution in [0.15, 0.2) is 4.99 Å². The Morgan fingerprint density at radius 3 is 2.20 bits per heavy atom. The van der Waals surface area contributed by atoms with E-state index in [0.717, 1.165) is 37.9 Å². The van der Waals surface area contributed by atoms with E-state index in [0.29, 0.717) is 12.1 Å². The lowest BCUT2D eigenvalue weighted by atomic mass is 10.2. The summed E-state index contributed by atoms with van der Waals surface area (Å²) in [6.45, 7) is 14.8. The number of aliphatic imine (C=N–C) groups is 1. The van der Waals surface area contributed by atoms with Gasteiger partial charge in [0.2, 0.25) is 0 Å². The van der Waals surface area contributed by atoms with Crippen molar-refractivity contribution in [3.63, 3.8) is 0 Å². The van der Waals surface area contributed by atoms with Gasteiger partial charge in [-0.25, -0.2) is 0 Å². The minimum absolute atomic E-state index is 0. The molecule has 0 aromatic rings. The van der Waals surface area contributed by atoms with Gasteiger partial charge < -0.3 is 10.6 Å². The molecule has 4 nitrogen and oxygen atoms in total. The first kappa shape index (κ1) is 22.6. The van der Waals surface area contributed by atoms with Gasteiger partial charge in [-0.3, -0.25) is 9.89 Å². The first-order valence-corrected chi connectivity index (χ1v) is 8.69. The number of guanidine groups is 1. The van der Waals surface area contributed by atoms with E-state index in [4.69, 9.17) is 0 Å². The van der Waals surface area contributed by atoms with Crippen molar-refractivity contribution in [1.29, 1.82) is 0 Å². The van der Waals surface area contributed by atoms with E-state index in [1.165, 1.54) is 0 Å². The molecule has 20 heavy (non-hydrogen) atoms. The van der Waals surface area contributed by atoms with E-state index in [1.807, 2.05) is 11.8 Å². The molecule has 0 radical (unpaired) electrons. The van der Waals surface area contributed by atoms with Gasteiger partial charge >= 0.3 is 0 Å². The molecule has 0 bridgehead atoms. The molecule has 0 fully saturated rings. The van der Waals surface area contributed by atoms with E-state index in [9.17, 15) is 0 Å². The molecule has 0 aliphatic heterocycles. The predicted octanol–water partition coefficient (Wildman–Crippen LogP) is 2.64. The second-order valence-corrected chi connectivity index (χ2v) is 6.09. The van der Waals surface area contributed by atoms with E-state index < -0.39 is 0 Å². The van der Waals surface area contributed by atoms with Crippen LogP contribution in [0.3, 0.4) is 0 Å². The Balaban J connectivity index is 0. The zero-order valence-corrected chi connectivity index (χ0v) is 17.0. The summed E-state index contributed by atoms with van der Waals surface area (Å²) >= 11 is 1.84. The maximum atomic E-state index is 4.63. The molecular formula is C14H33IN4S. The van der Waals surface area contributed by atoms with Gasteiger partial charge in [-0.2, -0.15) is 11.8 Å². The number of thioether (sulfide) groups is 1. The van der Waals surface area contributed by atoms with Crippen LogP contribution in [0.5, 0.6) is 0 Å². The van der Waals surface area contributed by atoms with Gasteiger partial charge in [-0.1, -0.05) is 0 Å². The fourth-order valence-corrected chi connectivity index (χ4v) is 2.31. The largest absolute Gasteiger partial charge is 0.357 e. The Bertz CT molecular complexity index is 239. The smallest absolute Gasteiger partial charge is 0.191 e. The van der Waals surface area contributed by atoms with Crippen molar-refractivity contribution in [1.82, 2.24) is 15.5 Å². The summed E-state index contributed by atoms with van der Waals surface area (Å²) in [7, 11) is 0. The number of hydrogen-bond acceptors (Lipinski definition) is 3. The van der Waals surface area contributed by atoms with Crippen LogP contribution in [0.1, 0.15) is 34.6 Å². The highest BCUT2D eigenvalue weighted by molar-refractivity contribution is 14.0. The molecule has 0 aromatic heterocycles. The molecule has 0 aromatic carbocycles. The number of nitrogens with one attached hydrogen (secondary N) is 2. The van der Waals surface area contributed by atoms with Crippen LogP contribution >= 0.6 is 35.7 Å². The van der Waals surface area contributed by atoms with Gasteiger partial charge in [0, 0.05) is 37.5 Å². The highest BCUT2D eigenvalue weighted by Crippen LogP contribution is 2.03. The van der Waals surface area contributed by atoms with Crippen LogP contribution < -0.4 is 10.6 Å². The molecule has 0 saturated heterocycles. The first-order chi connectivity index (χ1) is 9.02. The van der Waals surface area contributed by atoms with Gasteiger partial charge in [0.15, 0.2) is 5.96 Å². The Kier molecular flexibility index (Phi) is 16.1. The maximum absolute atomic E-state index is 4.63. The van der Waals surface area contributed by atoms with E-state index in [2.05, 4.69) is 61.4 Å². The van der Waals surface area contributed by atoms with Crippen LogP contribution in [-0.4, -0.2) is 61.1 Å². The normalized spacial score (nSPS) is 11.9. The van der Waals surface area contributed by atoms with Crippen LogP contribution in [0.4, 0.5) is 0 Å². The Morgan fingerprint density at radius 1 is 1.15 bits per heavy atom. The lowest BCUT2D eigenvalue weighted by Crippen LogP contribution is -2.41. The van der Waals surface area contributed by atoms with E-state index in [1.54, 1.807) is 0 Å². The fraction of sp³-hybridized carbons (Fsp3) is 0.929. The topological polar surface area (TPSA) is 39.7 Å². The van der Waals surface area contributed by atoms with Crippen molar-refractivity contribution in [3.8, 4) is 0 Å². The van der Waals surface area contributed by atoms with E-state index >= 15 is 0 Å². The minimum atomic E-state index is 0. The van der Waals surface area contributed by atoms with Crippen LogP contribution in [0, 0.1) is 0 Å². The summed E-state index contributed by atoms with van der Waals surface area (Å²) in [4.78, 5) is 7.10. The number of nitrogens with zero attached hydrogens (tertiary/aromatic N) is 2. The molecule has 0 amide bonds. The summed E-state index contributed by atoms with van der Waals surface area (Å²) in [5.74, 6) is 2.04. The summed E-state index contributed by atoms with van der Waals surface area (Å²) in [5, 5.41) is 6.64. The van der Waals surface area contributed by atoms with Gasteiger partial charge in [0.05, 0.1) is 6.54 Å². The van der Waals surface area contributed by atoms with Crippen molar-refractivity contribution < 1.29 is 0 Å². The van der Waals surface area contributed by atoms with Gasteiger partial charge in [0.1, 0.15) is 0 Å². The molecule has 0 atom stereocenters. The summed E-state index contributed by atoms with van der Waals surface area (Å²) < 4.78 is 0. The van der Waals surface area contributed by atoms with Crippen LogP contribution in [-0.2, 0) is 0 Å². The third-order valence-electron chi connectivity index (χ3n) is 2.90. The maximum Gasteiger partial charge on any atom is 0.191 e. The number of rotatable bonds is 9. The molecule has 0 unspecified atom stereocenters. The van der Waals surface area contributed by atoms with Crippen molar-refractivity contribution >= 4 is 41.7 Å². The molecule has 122 valence electrons. The lowest BCUT2D eigenvalue weighted by Gasteiger charge is -2.29. The monoisotopic (exact) mass is 416 g/mol. The average Bonchev–Trinajstić information content (AvgIpc) is 2.33. The number of halogens is 1. The fourth-order valence-electron chi connectivity index (χ4n) is 2.00. The van der Waals surface area contributed by atoms with E-state index in [-0.39, 0.29) is 24.0 Å². The predicted molar refractivity (Wildman–Crippen MR) is 105 cm³/mol. The Labute approximate surface area is 147 Å². The summed E-state index contributed by atoms with van der Waals surface area (Å²) in [6.07, 6.45) is 2.12. The van der Waals surface area contributed by atoms with Gasteiger partial charge in [-0.15, -0.1) is 24.0 Å². The molecule has 0 heterocycles. The van der Waals surface area contributed by atoms with Gasteiger partial charge in [0.25, 0.3) is 0 Å². The standard InChI is InChI=1S/C14H32N4S.HI/c1-7-15-14(17-9-11-19-6)16-8-10-18(12(2)3)13(4)5;/h12-13H,7-11H2,1-6H3,(H2,15,16,17);1H. The van der Waals surface area contributed by atoms with Crippen molar-refractivity contribution in [2.24, 2.45) is 4.99 Å². The lowest BCUT2D eigenvalue weighted by molar-refractivity contribution is 0.181. The SMILES string of the molecule is CCNC(=NCCN(C(C)C)C(C)C)NCCSC.I. The molecule has 0 saturated carbocycles. The second kappa shape index (κ2) is 14.3. The average molecular weight is 416 g/mol. The highest BCUT2D eigenvalue weighted by atomic mass is 127. The van der Waals surface area contributed by atoms with Gasteiger partial charge in [-0.05, 0) is 40.9 Å². The third kappa shape index (κ3) is 11.0. The molecule has 0 aliphatic rings. The van der Waals surface area contributed by atoms with Crippen molar-refractivity contribution in [2.45, 2.75) is 46.7 Å². The first-order valence-electron chi connectivity index (χ1n) is 7.29. The molecule has 0 aliphatic carbocycles. The zero-order chi connectivity index (χ0) is 14.7. The highest BCUT2D eigenvalue weighted by Gasteiger charge is 2.12. The van der Waals surface area contributed by atoms with Crippen LogP contribution in [0.25, 0.3) is 0 Å². The minimum Gasteiger partial charge on any atom is -0.357 e. The second-order valence-electron chi connectivity index (χ2n) is 5.11. The molecule has 6 heteroatoms. The van der Waals surface area contributed by atoms with Crippen molar-refractivity contribution in [2.75, 3.05) is 38.2 Å². The summed E-state index contributed by atoms with van der Waals surface area (Å²) in [6, 6.07) is 1.14. The van der Waals surface area contributed by atoms with Crippen LogP contribution in [0.2, 0.25) is 0 Å². The number of hydrogen-bond donors (Lipinski definition) is 2.